The molecule has 0 aliphatic heterocycles. The Hall–Kier alpha value is 0.670. The van der Waals surface area contributed by atoms with Gasteiger partial charge in [0.25, 0.3) is 0 Å². The molecule has 48 valence electrons. The van der Waals surface area contributed by atoms with E-state index in [0.29, 0.717) is 3.94 Å². The molecule has 0 spiro atoms. The van der Waals surface area contributed by atoms with E-state index >= 15 is 0 Å². The van der Waals surface area contributed by atoms with Crippen molar-refractivity contribution in [3.8, 4) is 0 Å². The van der Waals surface area contributed by atoms with Gasteiger partial charge in [-0.25, -0.2) is 0 Å². The van der Waals surface area contributed by atoms with Gasteiger partial charge in [-0.2, -0.15) is 0 Å². The Morgan fingerprint density at radius 3 is 2.00 bits per heavy atom. The monoisotopic (exact) mass is 168 g/mol. The van der Waals surface area contributed by atoms with E-state index in [4.69, 9.17) is 12.2 Å². The molecule has 0 aromatic rings. The van der Waals surface area contributed by atoms with Gasteiger partial charge in [-0.1, -0.05) is 12.2 Å². The van der Waals surface area contributed by atoms with Gasteiger partial charge in [-0.05, 0) is 19.6 Å². The zero-order valence-corrected chi connectivity index (χ0v) is 7.70. The minimum absolute atomic E-state index is 0.637. The lowest BCUT2D eigenvalue weighted by atomic mass is 11.8. The first-order chi connectivity index (χ1) is 3.48. The van der Waals surface area contributed by atoms with E-state index in [1.807, 2.05) is 6.26 Å². The second-order valence-electron chi connectivity index (χ2n) is 1.82. The molecule has 0 saturated carbocycles. The molecule has 0 unspecified atom stereocenters. The summed E-state index contributed by atoms with van der Waals surface area (Å²) in [5, 5.41) is 0. The molecule has 0 bridgehead atoms. The Labute approximate surface area is 59.6 Å². The lowest BCUT2D eigenvalue weighted by Crippen LogP contribution is -1.84. The van der Waals surface area contributed by atoms with Gasteiger partial charge >= 0.3 is 0 Å². The molecule has 0 aromatic carbocycles. The maximum absolute atomic E-state index is 11.0. The lowest BCUT2D eigenvalue weighted by molar-refractivity contribution is 0.590. The van der Waals surface area contributed by atoms with Crippen LogP contribution in [0.4, 0.5) is 0 Å². The smallest absolute Gasteiger partial charge is 0.126 e. The van der Waals surface area contributed by atoms with E-state index in [1.54, 1.807) is 13.3 Å². The summed E-state index contributed by atoms with van der Waals surface area (Å²) in [4.78, 5) is 0. The van der Waals surface area contributed by atoms with Crippen LogP contribution in [0.15, 0.2) is 0 Å². The maximum Gasteiger partial charge on any atom is 0.126 e. The van der Waals surface area contributed by atoms with Crippen molar-refractivity contribution in [2.45, 2.75) is 0 Å². The third-order valence-corrected chi connectivity index (χ3v) is 5.53. The molecule has 0 aliphatic rings. The summed E-state index contributed by atoms with van der Waals surface area (Å²) in [5.74, 6) is 0. The first-order valence-corrected chi connectivity index (χ1v) is 6.35. The largest absolute Gasteiger partial charge is 0.318 e. The molecule has 1 nitrogen and oxygen atoms in total. The molecule has 0 rings (SSSR count). The molecular weight excluding hydrogens is 159 g/mol. The van der Waals surface area contributed by atoms with Gasteiger partial charge in [0.1, 0.15) is 11.1 Å². The second-order valence-corrected chi connectivity index (χ2v) is 7.06. The van der Waals surface area contributed by atoms with E-state index < -0.39 is 7.14 Å². The molecule has 0 atom stereocenters. The molecule has 4 heteroatoms. The number of hydrogen-bond acceptors (Lipinski definition) is 3. The molecular formula is C4H9OPS2. The van der Waals surface area contributed by atoms with Crippen molar-refractivity contribution >= 4 is 35.1 Å². The molecule has 0 saturated heterocycles. The number of thiocarbonyl (C=S) groups is 1. The van der Waals surface area contributed by atoms with Gasteiger partial charge in [-0.15, -0.1) is 11.8 Å². The summed E-state index contributed by atoms with van der Waals surface area (Å²) < 4.78 is 11.6. The summed E-state index contributed by atoms with van der Waals surface area (Å²) >= 11 is 6.19. The third-order valence-electron chi connectivity index (χ3n) is 0.614. The van der Waals surface area contributed by atoms with Crippen molar-refractivity contribution in [1.82, 2.24) is 0 Å². The van der Waals surface area contributed by atoms with Crippen LogP contribution in [-0.4, -0.2) is 23.5 Å². The van der Waals surface area contributed by atoms with Crippen LogP contribution in [0.3, 0.4) is 0 Å². The summed E-state index contributed by atoms with van der Waals surface area (Å²) in [6.45, 7) is 3.37. The second kappa shape index (κ2) is 3.00. The molecule has 0 aromatic heterocycles. The summed E-state index contributed by atoms with van der Waals surface area (Å²) in [6.07, 6.45) is 1.85. The maximum atomic E-state index is 11.0. The predicted molar refractivity (Wildman–Crippen MR) is 45.6 cm³/mol. The topological polar surface area (TPSA) is 17.1 Å². The highest BCUT2D eigenvalue weighted by atomic mass is 32.2. The Balaban J connectivity index is 4.04. The highest BCUT2D eigenvalue weighted by Crippen LogP contribution is 2.42. The van der Waals surface area contributed by atoms with E-state index in [9.17, 15) is 4.57 Å². The van der Waals surface area contributed by atoms with Crippen LogP contribution in [0, 0.1) is 0 Å². The molecule has 0 aliphatic carbocycles. The number of thioether (sulfide) groups is 1. The Morgan fingerprint density at radius 1 is 1.62 bits per heavy atom. The summed E-state index contributed by atoms with van der Waals surface area (Å²) in [6, 6.07) is 0. The minimum Gasteiger partial charge on any atom is -0.318 e. The van der Waals surface area contributed by atoms with E-state index in [-0.39, 0.29) is 0 Å². The van der Waals surface area contributed by atoms with E-state index in [0.717, 1.165) is 0 Å². The lowest BCUT2D eigenvalue weighted by Gasteiger charge is -2.02. The predicted octanol–water partition coefficient (Wildman–Crippen LogP) is 2.26. The van der Waals surface area contributed by atoms with Crippen molar-refractivity contribution in [2.75, 3.05) is 19.6 Å². The summed E-state index contributed by atoms with van der Waals surface area (Å²) in [7, 11) is -2.06. The fraction of sp³-hybridized carbons (Fsp3) is 0.750. The number of rotatable bonds is 1. The van der Waals surface area contributed by atoms with Crippen LogP contribution in [0.5, 0.6) is 0 Å². The third kappa shape index (κ3) is 2.85. The Kier molecular flexibility index (Phi) is 3.25. The van der Waals surface area contributed by atoms with Crippen molar-refractivity contribution in [3.05, 3.63) is 0 Å². The highest BCUT2D eigenvalue weighted by molar-refractivity contribution is 8.36. The van der Waals surface area contributed by atoms with Gasteiger partial charge in [0, 0.05) is 0 Å². The van der Waals surface area contributed by atoms with Gasteiger partial charge in [-0.3, -0.25) is 0 Å². The molecule has 0 radical (unpaired) electrons. The average Bonchev–Trinajstić information content (AvgIpc) is 1.62. The molecule has 0 N–H and O–H groups in total. The van der Waals surface area contributed by atoms with Gasteiger partial charge < -0.3 is 4.57 Å². The first-order valence-electron chi connectivity index (χ1n) is 2.12. The molecule has 8 heavy (non-hydrogen) atoms. The fourth-order valence-electron chi connectivity index (χ4n) is 0.220. The van der Waals surface area contributed by atoms with E-state index in [1.165, 1.54) is 11.8 Å². The SMILES string of the molecule is CSC(=S)P(C)(C)=O. The van der Waals surface area contributed by atoms with Gasteiger partial charge in [0.15, 0.2) is 0 Å². The van der Waals surface area contributed by atoms with E-state index in [2.05, 4.69) is 0 Å². The molecule has 0 heterocycles. The van der Waals surface area contributed by atoms with Crippen molar-refractivity contribution in [2.24, 2.45) is 0 Å². The summed E-state index contributed by atoms with van der Waals surface area (Å²) in [5.41, 5.74) is 0. The highest BCUT2D eigenvalue weighted by Gasteiger charge is 2.11. The normalized spacial score (nSPS) is 11.4. The van der Waals surface area contributed by atoms with Crippen molar-refractivity contribution < 1.29 is 4.57 Å². The van der Waals surface area contributed by atoms with Gasteiger partial charge in [0.2, 0.25) is 0 Å². The Morgan fingerprint density at radius 2 is 2.00 bits per heavy atom. The van der Waals surface area contributed by atoms with Crippen LogP contribution >= 0.6 is 31.1 Å². The quantitative estimate of drug-likeness (QED) is 0.441. The average molecular weight is 168 g/mol. The van der Waals surface area contributed by atoms with Crippen LogP contribution in [0.1, 0.15) is 0 Å². The van der Waals surface area contributed by atoms with Crippen LogP contribution in [-0.2, 0) is 4.57 Å². The zero-order valence-electron chi connectivity index (χ0n) is 5.17. The minimum atomic E-state index is -2.06. The van der Waals surface area contributed by atoms with Crippen LogP contribution < -0.4 is 0 Å². The Bertz CT molecular complexity index is 137. The van der Waals surface area contributed by atoms with Crippen LogP contribution in [0.25, 0.3) is 0 Å². The number of hydrogen-bond donors (Lipinski definition) is 0. The van der Waals surface area contributed by atoms with Crippen molar-refractivity contribution in [3.63, 3.8) is 0 Å². The molecule has 0 fully saturated rings. The molecule has 0 amide bonds. The zero-order chi connectivity index (χ0) is 6.78. The first kappa shape index (κ1) is 8.67. The van der Waals surface area contributed by atoms with Crippen molar-refractivity contribution in [1.29, 1.82) is 0 Å². The van der Waals surface area contributed by atoms with Crippen LogP contribution in [0.2, 0.25) is 0 Å². The standard InChI is InChI=1S/C4H9OPS2/c1-6(2,5)4(7)8-3/h1-3H3. The van der Waals surface area contributed by atoms with Gasteiger partial charge in [0.05, 0.1) is 0 Å². The fourth-order valence-corrected chi connectivity index (χ4v) is 1.98.